The van der Waals surface area contributed by atoms with E-state index in [0.717, 1.165) is 12.8 Å². The maximum atomic E-state index is 12.9. The molecule has 1 aliphatic heterocycles. The number of halogens is 3. The van der Waals surface area contributed by atoms with Gasteiger partial charge in [0.25, 0.3) is 5.91 Å². The average molecular weight is 430 g/mol. The van der Waals surface area contributed by atoms with Gasteiger partial charge in [-0.2, -0.15) is 13.2 Å². The number of nitrogens with one attached hydrogen (secondary N) is 2. The van der Waals surface area contributed by atoms with E-state index in [1.165, 1.54) is 5.32 Å². The molecule has 0 radical (unpaired) electrons. The lowest BCUT2D eigenvalue weighted by Gasteiger charge is -2.28. The van der Waals surface area contributed by atoms with Crippen molar-refractivity contribution in [3.8, 4) is 11.5 Å². The zero-order valence-electron chi connectivity index (χ0n) is 16.0. The minimum absolute atomic E-state index is 0.393. The number of imide groups is 1. The Morgan fingerprint density at radius 2 is 1.73 bits per heavy atom. The van der Waals surface area contributed by atoms with Crippen LogP contribution in [0.4, 0.5) is 18.0 Å². The van der Waals surface area contributed by atoms with Gasteiger partial charge in [-0.3, -0.25) is 14.9 Å². The van der Waals surface area contributed by atoms with Gasteiger partial charge in [0.2, 0.25) is 0 Å². The number of amides is 3. The van der Waals surface area contributed by atoms with Crippen LogP contribution in [0.5, 0.6) is 11.5 Å². The molecule has 0 bridgehead atoms. The maximum absolute atomic E-state index is 12.9. The third-order valence-electron chi connectivity index (χ3n) is 4.98. The van der Waals surface area contributed by atoms with Crippen LogP contribution in [0.3, 0.4) is 0 Å². The van der Waals surface area contributed by atoms with Crippen LogP contribution < -0.4 is 20.1 Å². The van der Waals surface area contributed by atoms with Gasteiger partial charge >= 0.3 is 18.2 Å². The second-order valence-electron chi connectivity index (χ2n) is 7.07. The van der Waals surface area contributed by atoms with Gasteiger partial charge in [0, 0.05) is 0 Å². The number of carbonyl (C=O) groups excluding carboxylic acids is 3. The van der Waals surface area contributed by atoms with Gasteiger partial charge in [-0.1, -0.05) is 18.9 Å². The lowest BCUT2D eigenvalue weighted by molar-refractivity contribution is -0.154. The summed E-state index contributed by atoms with van der Waals surface area (Å²) in [5.74, 6) is -0.562. The lowest BCUT2D eigenvalue weighted by Crippen LogP contribution is -2.45. The van der Waals surface area contributed by atoms with Crippen molar-refractivity contribution in [1.82, 2.24) is 10.6 Å². The molecule has 0 aromatic heterocycles. The maximum Gasteiger partial charge on any atom is 0.405 e. The standard InChI is InChI=1S/C19H21F3N2O6/c20-19(21,22)11-23-17(27)24-15(25)10-30-16(26)18(5-1-2-6-18)12-3-4-13-14(9-12)29-8-7-28-13/h3-4,9H,1-2,5-8,10-11H2,(H2,23,24,25,27). The van der Waals surface area contributed by atoms with E-state index < -0.39 is 42.7 Å². The SMILES string of the molecule is O=C(COC(=O)C1(c2ccc3c(c2)OCCO3)CCCC1)NC(=O)NCC(F)(F)F. The zero-order chi connectivity index (χ0) is 21.8. The predicted molar refractivity (Wildman–Crippen MR) is 96.1 cm³/mol. The fourth-order valence-corrected chi connectivity index (χ4v) is 3.59. The Bertz CT molecular complexity index is 821. The molecule has 1 heterocycles. The number of urea groups is 1. The van der Waals surface area contributed by atoms with Crippen molar-refractivity contribution in [2.75, 3.05) is 26.4 Å². The summed E-state index contributed by atoms with van der Waals surface area (Å²) in [6.07, 6.45) is -2.01. The number of benzene rings is 1. The van der Waals surface area contributed by atoms with Crippen molar-refractivity contribution in [3.63, 3.8) is 0 Å². The van der Waals surface area contributed by atoms with Gasteiger partial charge in [0.05, 0.1) is 5.41 Å². The number of ether oxygens (including phenoxy) is 3. The molecule has 1 aliphatic carbocycles. The highest BCUT2D eigenvalue weighted by Crippen LogP contribution is 2.45. The topological polar surface area (TPSA) is 103 Å². The van der Waals surface area contributed by atoms with E-state index in [2.05, 4.69) is 0 Å². The van der Waals surface area contributed by atoms with Crippen LogP contribution in [0.25, 0.3) is 0 Å². The van der Waals surface area contributed by atoms with Crippen molar-refractivity contribution in [2.24, 2.45) is 0 Å². The van der Waals surface area contributed by atoms with Gasteiger partial charge in [0.15, 0.2) is 18.1 Å². The van der Waals surface area contributed by atoms with Crippen LogP contribution in [0.1, 0.15) is 31.2 Å². The molecule has 11 heteroatoms. The Morgan fingerprint density at radius 1 is 1.07 bits per heavy atom. The third kappa shape index (κ3) is 5.14. The molecule has 8 nitrogen and oxygen atoms in total. The molecule has 0 spiro atoms. The van der Waals surface area contributed by atoms with Crippen LogP contribution >= 0.6 is 0 Å². The predicted octanol–water partition coefficient (Wildman–Crippen LogP) is 2.20. The molecule has 1 aromatic rings. The van der Waals surface area contributed by atoms with Crippen LogP contribution in [0.15, 0.2) is 18.2 Å². The highest BCUT2D eigenvalue weighted by Gasteiger charge is 2.45. The monoisotopic (exact) mass is 430 g/mol. The second kappa shape index (κ2) is 8.80. The number of hydrogen-bond acceptors (Lipinski definition) is 6. The summed E-state index contributed by atoms with van der Waals surface area (Å²) in [4.78, 5) is 35.9. The van der Waals surface area contributed by atoms with Crippen molar-refractivity contribution in [1.29, 1.82) is 0 Å². The van der Waals surface area contributed by atoms with Crippen LogP contribution in [-0.2, 0) is 19.7 Å². The van der Waals surface area contributed by atoms with E-state index in [4.69, 9.17) is 14.2 Å². The molecule has 3 rings (SSSR count). The molecule has 2 aliphatic rings. The van der Waals surface area contributed by atoms with Gasteiger partial charge in [-0.25, -0.2) is 4.79 Å². The van der Waals surface area contributed by atoms with Crippen molar-refractivity contribution in [2.45, 2.75) is 37.3 Å². The number of fused-ring (bicyclic) bond motifs is 1. The van der Waals surface area contributed by atoms with Crippen molar-refractivity contribution >= 4 is 17.9 Å². The Kier molecular flexibility index (Phi) is 6.37. The normalized spacial score (nSPS) is 17.2. The number of carbonyl (C=O) groups is 3. The number of hydrogen-bond donors (Lipinski definition) is 2. The van der Waals surface area contributed by atoms with Crippen molar-refractivity contribution < 1.29 is 41.8 Å². The third-order valence-corrected chi connectivity index (χ3v) is 4.98. The molecule has 1 aromatic carbocycles. The molecule has 30 heavy (non-hydrogen) atoms. The second-order valence-corrected chi connectivity index (χ2v) is 7.07. The lowest BCUT2D eigenvalue weighted by atomic mass is 9.78. The van der Waals surface area contributed by atoms with E-state index in [9.17, 15) is 27.6 Å². The summed E-state index contributed by atoms with van der Waals surface area (Å²) >= 11 is 0. The first-order chi connectivity index (χ1) is 14.2. The molecular formula is C19H21F3N2O6. The molecule has 0 unspecified atom stereocenters. The Morgan fingerprint density at radius 3 is 2.40 bits per heavy atom. The molecule has 0 saturated heterocycles. The van der Waals surface area contributed by atoms with E-state index in [1.807, 2.05) is 0 Å². The Balaban J connectivity index is 1.61. The first-order valence-corrected chi connectivity index (χ1v) is 9.41. The number of alkyl halides is 3. The molecular weight excluding hydrogens is 409 g/mol. The summed E-state index contributed by atoms with van der Waals surface area (Å²) < 4.78 is 52.4. The Hall–Kier alpha value is -2.98. The van der Waals surface area contributed by atoms with Crippen LogP contribution in [-0.4, -0.2) is 50.4 Å². The quantitative estimate of drug-likeness (QED) is 0.695. The smallest absolute Gasteiger partial charge is 0.405 e. The van der Waals surface area contributed by atoms with Crippen molar-refractivity contribution in [3.05, 3.63) is 23.8 Å². The minimum atomic E-state index is -4.61. The summed E-state index contributed by atoms with van der Waals surface area (Å²) in [5.41, 5.74) is -0.285. The molecule has 3 amide bonds. The van der Waals surface area contributed by atoms with E-state index in [-0.39, 0.29) is 0 Å². The largest absolute Gasteiger partial charge is 0.486 e. The number of esters is 1. The summed E-state index contributed by atoms with van der Waals surface area (Å²) in [6.45, 7) is -1.54. The molecule has 1 fully saturated rings. The summed E-state index contributed by atoms with van der Waals surface area (Å²) in [6, 6.07) is 3.88. The first-order valence-electron chi connectivity index (χ1n) is 9.41. The molecule has 164 valence electrons. The summed E-state index contributed by atoms with van der Waals surface area (Å²) in [5, 5.41) is 3.19. The van der Waals surface area contributed by atoms with E-state index >= 15 is 0 Å². The van der Waals surface area contributed by atoms with Gasteiger partial charge in [-0.15, -0.1) is 0 Å². The fraction of sp³-hybridized carbons (Fsp3) is 0.526. The highest BCUT2D eigenvalue weighted by molar-refractivity contribution is 5.96. The average Bonchev–Trinajstić information content (AvgIpc) is 3.21. The minimum Gasteiger partial charge on any atom is -0.486 e. The van der Waals surface area contributed by atoms with Gasteiger partial charge in [-0.05, 0) is 30.5 Å². The van der Waals surface area contributed by atoms with E-state index in [1.54, 1.807) is 23.5 Å². The highest BCUT2D eigenvalue weighted by atomic mass is 19.4. The molecule has 1 saturated carbocycles. The van der Waals surface area contributed by atoms with E-state index in [0.29, 0.717) is 43.1 Å². The van der Waals surface area contributed by atoms with Crippen LogP contribution in [0, 0.1) is 0 Å². The zero-order valence-corrected chi connectivity index (χ0v) is 16.0. The molecule has 0 atom stereocenters. The fourth-order valence-electron chi connectivity index (χ4n) is 3.59. The van der Waals surface area contributed by atoms with Crippen LogP contribution in [0.2, 0.25) is 0 Å². The number of rotatable bonds is 5. The molecule has 2 N–H and O–H groups in total. The summed E-state index contributed by atoms with van der Waals surface area (Å²) in [7, 11) is 0. The first kappa shape index (κ1) is 21.7. The van der Waals surface area contributed by atoms with Gasteiger partial charge in [0.1, 0.15) is 19.8 Å². The Labute approximate surface area is 170 Å². The van der Waals surface area contributed by atoms with Gasteiger partial charge < -0.3 is 19.5 Å².